The summed E-state index contributed by atoms with van der Waals surface area (Å²) in [5, 5.41) is 3.01. The average Bonchev–Trinajstić information content (AvgIpc) is 1.88. The maximum atomic E-state index is 12.5. The molecule has 0 aliphatic carbocycles. The fraction of sp³-hybridized carbons (Fsp3) is 0.250. The molecule has 0 saturated heterocycles. The van der Waals surface area contributed by atoms with Crippen LogP contribution in [0.3, 0.4) is 0 Å². The molecular weight excluding hydrogens is 129 g/mol. The van der Waals surface area contributed by atoms with Crippen molar-refractivity contribution in [3.05, 3.63) is 30.1 Å². The van der Waals surface area contributed by atoms with E-state index >= 15 is 0 Å². The molecule has 0 heterocycles. The van der Waals surface area contributed by atoms with Gasteiger partial charge in [-0.25, -0.2) is 4.39 Å². The zero-order chi connectivity index (χ0) is 7.40. The first-order valence-corrected chi connectivity index (χ1v) is 3.32. The van der Waals surface area contributed by atoms with Crippen LogP contribution in [0.25, 0.3) is 0 Å². The Balaban J connectivity index is 2.75. The molecule has 0 unspecified atom stereocenters. The van der Waals surface area contributed by atoms with E-state index in [1.165, 1.54) is 12.1 Å². The number of hydrogen-bond donors (Lipinski definition) is 1. The summed E-state index contributed by atoms with van der Waals surface area (Å²) in [5.74, 6) is -0.196. The van der Waals surface area contributed by atoms with Crippen LogP contribution < -0.4 is 5.32 Å². The second-order valence-corrected chi connectivity index (χ2v) is 2.04. The van der Waals surface area contributed by atoms with Gasteiger partial charge >= 0.3 is 0 Å². The zero-order valence-corrected chi connectivity index (χ0v) is 5.89. The summed E-state index contributed by atoms with van der Waals surface area (Å²) in [6, 6.07) is 6.43. The van der Waals surface area contributed by atoms with Crippen molar-refractivity contribution in [2.75, 3.05) is 11.9 Å². The largest absolute Gasteiger partial charge is 0.385 e. The van der Waals surface area contributed by atoms with Crippen LogP contribution in [0.2, 0.25) is 0 Å². The average molecular weight is 139 g/mol. The smallest absolute Gasteiger partial charge is 0.125 e. The molecule has 1 nitrogen and oxygen atoms in total. The van der Waals surface area contributed by atoms with Crippen molar-refractivity contribution < 1.29 is 4.39 Å². The lowest BCUT2D eigenvalue weighted by molar-refractivity contribution is 0.628. The molecule has 1 aromatic carbocycles. The second kappa shape index (κ2) is 3.20. The summed E-state index contributed by atoms with van der Waals surface area (Å²) in [4.78, 5) is 0. The number of anilines is 1. The minimum Gasteiger partial charge on any atom is -0.385 e. The van der Waals surface area contributed by atoms with E-state index in [0.717, 1.165) is 12.2 Å². The minimum absolute atomic E-state index is 0.196. The molecule has 0 aliphatic rings. The van der Waals surface area contributed by atoms with Gasteiger partial charge in [0.15, 0.2) is 0 Å². The Bertz CT molecular complexity index is 210. The van der Waals surface area contributed by atoms with Crippen LogP contribution in [0.1, 0.15) is 6.92 Å². The van der Waals surface area contributed by atoms with E-state index in [-0.39, 0.29) is 5.82 Å². The van der Waals surface area contributed by atoms with Gasteiger partial charge in [0, 0.05) is 12.2 Å². The highest BCUT2D eigenvalue weighted by atomic mass is 19.1. The molecule has 0 radical (unpaired) electrons. The van der Waals surface area contributed by atoms with Crippen molar-refractivity contribution in [3.8, 4) is 0 Å². The van der Waals surface area contributed by atoms with Crippen LogP contribution in [-0.4, -0.2) is 6.54 Å². The Hall–Kier alpha value is -1.05. The summed E-state index contributed by atoms with van der Waals surface area (Å²) in [7, 11) is 0. The van der Waals surface area contributed by atoms with Crippen molar-refractivity contribution in [2.24, 2.45) is 0 Å². The number of hydrogen-bond acceptors (Lipinski definition) is 1. The zero-order valence-electron chi connectivity index (χ0n) is 5.89. The molecule has 54 valence electrons. The van der Waals surface area contributed by atoms with Crippen LogP contribution in [0.5, 0.6) is 0 Å². The van der Waals surface area contributed by atoms with Gasteiger partial charge in [-0.2, -0.15) is 0 Å². The van der Waals surface area contributed by atoms with Crippen LogP contribution in [-0.2, 0) is 0 Å². The van der Waals surface area contributed by atoms with Gasteiger partial charge in [0.05, 0.1) is 0 Å². The van der Waals surface area contributed by atoms with Gasteiger partial charge in [-0.1, -0.05) is 6.07 Å². The lowest BCUT2D eigenvalue weighted by Gasteiger charge is -2.00. The summed E-state index contributed by atoms with van der Waals surface area (Å²) < 4.78 is 12.5. The predicted molar refractivity (Wildman–Crippen MR) is 40.6 cm³/mol. The molecule has 0 aromatic heterocycles. The molecule has 1 N–H and O–H groups in total. The fourth-order valence-electron chi connectivity index (χ4n) is 0.803. The van der Waals surface area contributed by atoms with Crippen LogP contribution in [0.4, 0.5) is 10.1 Å². The lowest BCUT2D eigenvalue weighted by Crippen LogP contribution is -1.95. The summed E-state index contributed by atoms with van der Waals surface area (Å²) in [5.41, 5.74) is 0.836. The van der Waals surface area contributed by atoms with Gasteiger partial charge in [-0.05, 0) is 25.1 Å². The van der Waals surface area contributed by atoms with Gasteiger partial charge in [-0.15, -0.1) is 0 Å². The molecule has 1 aromatic rings. The van der Waals surface area contributed by atoms with E-state index in [1.807, 2.05) is 13.0 Å². The van der Waals surface area contributed by atoms with Gasteiger partial charge in [0.2, 0.25) is 0 Å². The van der Waals surface area contributed by atoms with Crippen molar-refractivity contribution in [1.29, 1.82) is 0 Å². The normalized spacial score (nSPS) is 9.40. The van der Waals surface area contributed by atoms with Gasteiger partial charge in [0.1, 0.15) is 5.82 Å². The molecule has 0 bridgehead atoms. The fourth-order valence-corrected chi connectivity index (χ4v) is 0.803. The van der Waals surface area contributed by atoms with E-state index in [0.29, 0.717) is 0 Å². The van der Waals surface area contributed by atoms with E-state index in [1.54, 1.807) is 6.07 Å². The Kier molecular flexibility index (Phi) is 2.26. The first-order chi connectivity index (χ1) is 4.83. The summed E-state index contributed by atoms with van der Waals surface area (Å²) in [6.07, 6.45) is 0. The highest BCUT2D eigenvalue weighted by molar-refractivity contribution is 5.42. The van der Waals surface area contributed by atoms with E-state index in [2.05, 4.69) is 5.32 Å². The molecule has 0 amide bonds. The molecule has 1 rings (SSSR count). The van der Waals surface area contributed by atoms with Crippen LogP contribution >= 0.6 is 0 Å². The molecule has 0 atom stereocenters. The number of benzene rings is 1. The SMILES string of the molecule is CCNc1cccc(F)c1. The third-order valence-corrected chi connectivity index (χ3v) is 1.21. The Morgan fingerprint density at radius 2 is 2.30 bits per heavy atom. The number of nitrogens with one attached hydrogen (secondary N) is 1. The monoisotopic (exact) mass is 139 g/mol. The maximum Gasteiger partial charge on any atom is 0.125 e. The standard InChI is InChI=1S/C8H10FN/c1-2-10-8-5-3-4-7(9)6-8/h3-6,10H,2H2,1H3. The van der Waals surface area contributed by atoms with E-state index in [9.17, 15) is 4.39 Å². The second-order valence-electron chi connectivity index (χ2n) is 2.04. The first-order valence-electron chi connectivity index (χ1n) is 3.32. The maximum absolute atomic E-state index is 12.5. The quantitative estimate of drug-likeness (QED) is 0.662. The Labute approximate surface area is 59.9 Å². The third kappa shape index (κ3) is 1.72. The number of halogens is 1. The molecule has 0 spiro atoms. The number of rotatable bonds is 2. The Morgan fingerprint density at radius 3 is 2.90 bits per heavy atom. The van der Waals surface area contributed by atoms with Crippen molar-refractivity contribution in [1.82, 2.24) is 0 Å². The lowest BCUT2D eigenvalue weighted by atomic mass is 10.3. The topological polar surface area (TPSA) is 12.0 Å². The highest BCUT2D eigenvalue weighted by Gasteiger charge is 1.90. The predicted octanol–water partition coefficient (Wildman–Crippen LogP) is 2.26. The summed E-state index contributed by atoms with van der Waals surface area (Å²) >= 11 is 0. The third-order valence-electron chi connectivity index (χ3n) is 1.21. The van der Waals surface area contributed by atoms with Gasteiger partial charge < -0.3 is 5.32 Å². The van der Waals surface area contributed by atoms with Crippen molar-refractivity contribution in [2.45, 2.75) is 6.92 Å². The van der Waals surface area contributed by atoms with Gasteiger partial charge in [0.25, 0.3) is 0 Å². The molecule has 2 heteroatoms. The summed E-state index contributed by atoms with van der Waals surface area (Å²) in [6.45, 7) is 2.80. The molecule has 0 fully saturated rings. The molecule has 10 heavy (non-hydrogen) atoms. The first kappa shape index (κ1) is 7.06. The van der Waals surface area contributed by atoms with Gasteiger partial charge in [-0.3, -0.25) is 0 Å². The molecule has 0 aliphatic heterocycles. The molecular formula is C8H10FN. The Morgan fingerprint density at radius 1 is 1.50 bits per heavy atom. The van der Waals surface area contributed by atoms with E-state index < -0.39 is 0 Å². The van der Waals surface area contributed by atoms with Crippen LogP contribution in [0, 0.1) is 5.82 Å². The van der Waals surface area contributed by atoms with E-state index in [4.69, 9.17) is 0 Å². The van der Waals surface area contributed by atoms with Crippen molar-refractivity contribution >= 4 is 5.69 Å². The minimum atomic E-state index is -0.196. The van der Waals surface area contributed by atoms with Crippen LogP contribution in [0.15, 0.2) is 24.3 Å². The van der Waals surface area contributed by atoms with Crippen molar-refractivity contribution in [3.63, 3.8) is 0 Å². The highest BCUT2D eigenvalue weighted by Crippen LogP contribution is 2.07. The molecule has 0 saturated carbocycles.